The number of carbonyl (C=O) groups excluding carboxylic acids is 3. The van der Waals surface area contributed by atoms with Crippen LogP contribution in [-0.2, 0) is 30.4 Å². The molecule has 182 valence electrons. The number of amides is 3. The Morgan fingerprint density at radius 3 is 1.97 bits per heavy atom. The van der Waals surface area contributed by atoms with Crippen LogP contribution >= 0.6 is 0 Å². The Morgan fingerprint density at radius 1 is 0.909 bits per heavy atom. The minimum absolute atomic E-state index is 0.155. The van der Waals surface area contributed by atoms with Crippen LogP contribution in [0.15, 0.2) is 30.3 Å². The largest absolute Gasteiger partial charge is 0.481 e. The van der Waals surface area contributed by atoms with Gasteiger partial charge in [0, 0.05) is 0 Å². The van der Waals surface area contributed by atoms with Crippen molar-refractivity contribution in [2.75, 3.05) is 6.61 Å². The van der Waals surface area contributed by atoms with Gasteiger partial charge in [-0.15, -0.1) is 0 Å². The van der Waals surface area contributed by atoms with Crippen molar-refractivity contribution in [1.29, 1.82) is 0 Å². The molecular weight excluding hydrogens is 440 g/mol. The van der Waals surface area contributed by atoms with E-state index in [1.165, 1.54) is 6.92 Å². The lowest BCUT2D eigenvalue weighted by atomic mass is 10.0. The summed E-state index contributed by atoms with van der Waals surface area (Å²) in [6, 6.07) is 2.75. The number of carboxylic acids is 2. The molecule has 0 aliphatic carbocycles. The topological polar surface area (TPSA) is 228 Å². The molecule has 0 saturated carbocycles. The maximum absolute atomic E-state index is 12.5. The second-order valence-corrected chi connectivity index (χ2v) is 7.26. The van der Waals surface area contributed by atoms with E-state index >= 15 is 0 Å². The molecule has 1 aromatic carbocycles. The lowest BCUT2D eigenvalue weighted by Crippen LogP contribution is -2.60. The molecule has 13 nitrogen and oxygen atoms in total. The van der Waals surface area contributed by atoms with Crippen molar-refractivity contribution in [2.45, 2.75) is 50.0 Å². The van der Waals surface area contributed by atoms with Gasteiger partial charge in [-0.05, 0) is 18.9 Å². The highest BCUT2D eigenvalue weighted by Gasteiger charge is 2.32. The van der Waals surface area contributed by atoms with E-state index in [4.69, 9.17) is 15.9 Å². The number of hydrogen-bond donors (Lipinski definition) is 8. The fourth-order valence-electron chi connectivity index (χ4n) is 2.73. The number of carbonyl (C=O) groups is 5. The van der Waals surface area contributed by atoms with Gasteiger partial charge in [-0.2, -0.15) is 0 Å². The standard InChI is InChI=1S/C20H28N4O9/c1-10(26)16(24-17(29)12(21)7-11-5-3-2-4-6-11)19(31)23-14(9-25)18(30)22-13(20(32)33)8-15(27)28/h2-6,10,12-14,16,25-26H,7-9,21H2,1H3,(H,22,30)(H,23,31)(H,24,29)(H,27,28)(H,32,33)/t10-,12+,13+,14+,16+/m1/s1. The van der Waals surface area contributed by atoms with Crippen LogP contribution in [0.4, 0.5) is 0 Å². The van der Waals surface area contributed by atoms with Gasteiger partial charge in [0.05, 0.1) is 25.2 Å². The van der Waals surface area contributed by atoms with E-state index in [-0.39, 0.29) is 6.42 Å². The molecule has 13 heteroatoms. The van der Waals surface area contributed by atoms with E-state index < -0.39 is 73.0 Å². The maximum Gasteiger partial charge on any atom is 0.326 e. The molecule has 1 rings (SSSR count). The summed E-state index contributed by atoms with van der Waals surface area (Å²) in [4.78, 5) is 59.0. The van der Waals surface area contributed by atoms with Gasteiger partial charge in [0.25, 0.3) is 0 Å². The predicted molar refractivity (Wildman–Crippen MR) is 113 cm³/mol. The molecule has 0 aromatic heterocycles. The molecule has 0 bridgehead atoms. The summed E-state index contributed by atoms with van der Waals surface area (Å²) in [7, 11) is 0. The number of hydrogen-bond acceptors (Lipinski definition) is 8. The fourth-order valence-corrected chi connectivity index (χ4v) is 2.73. The van der Waals surface area contributed by atoms with Gasteiger partial charge in [-0.25, -0.2) is 4.79 Å². The van der Waals surface area contributed by atoms with Gasteiger partial charge >= 0.3 is 11.9 Å². The normalized spacial score (nSPS) is 15.3. The Labute approximate surface area is 189 Å². The Hall–Kier alpha value is -3.55. The average molecular weight is 468 g/mol. The summed E-state index contributed by atoms with van der Waals surface area (Å²) in [5.74, 6) is -6.09. The SMILES string of the molecule is C[C@@H](O)[C@H](NC(=O)[C@@H](N)Cc1ccccc1)C(=O)N[C@@H](CO)C(=O)N[C@@H](CC(=O)O)C(=O)O. The van der Waals surface area contributed by atoms with E-state index in [9.17, 15) is 34.2 Å². The first-order valence-electron chi connectivity index (χ1n) is 9.90. The van der Waals surface area contributed by atoms with E-state index in [1.807, 2.05) is 5.32 Å². The number of rotatable bonds is 13. The lowest BCUT2D eigenvalue weighted by molar-refractivity contribution is -0.147. The average Bonchev–Trinajstić information content (AvgIpc) is 2.74. The second-order valence-electron chi connectivity index (χ2n) is 7.26. The van der Waals surface area contributed by atoms with Crippen molar-refractivity contribution in [1.82, 2.24) is 16.0 Å². The molecule has 0 spiro atoms. The van der Waals surface area contributed by atoms with Crippen LogP contribution in [0.25, 0.3) is 0 Å². The number of nitrogens with two attached hydrogens (primary N) is 1. The molecule has 0 aliphatic rings. The Bertz CT molecular complexity index is 847. The molecule has 0 radical (unpaired) electrons. The number of benzene rings is 1. The highest BCUT2D eigenvalue weighted by molar-refractivity contribution is 5.95. The Balaban J connectivity index is 2.80. The van der Waals surface area contributed by atoms with Crippen LogP contribution in [-0.4, -0.2) is 87.0 Å². The molecular formula is C20H28N4O9. The molecule has 1 aromatic rings. The quantitative estimate of drug-likeness (QED) is 0.146. The molecule has 0 heterocycles. The number of carboxylic acid groups (broad SMARTS) is 2. The summed E-state index contributed by atoms with van der Waals surface area (Å²) in [5, 5.41) is 43.3. The zero-order chi connectivity index (χ0) is 25.1. The van der Waals surface area contributed by atoms with Gasteiger partial charge < -0.3 is 42.1 Å². The van der Waals surface area contributed by atoms with Crippen molar-refractivity contribution in [2.24, 2.45) is 5.73 Å². The van der Waals surface area contributed by atoms with Crippen molar-refractivity contribution in [3.8, 4) is 0 Å². The first-order valence-corrected chi connectivity index (χ1v) is 9.90. The summed E-state index contributed by atoms with van der Waals surface area (Å²) in [6.45, 7) is 0.236. The molecule has 9 N–H and O–H groups in total. The first-order chi connectivity index (χ1) is 15.5. The molecule has 0 aliphatic heterocycles. The van der Waals surface area contributed by atoms with Crippen LogP contribution in [0.1, 0.15) is 18.9 Å². The van der Waals surface area contributed by atoms with E-state index in [1.54, 1.807) is 30.3 Å². The summed E-state index contributed by atoms with van der Waals surface area (Å²) in [6.07, 6.45) is -2.19. The molecule has 0 saturated heterocycles. The summed E-state index contributed by atoms with van der Waals surface area (Å²) >= 11 is 0. The van der Waals surface area contributed by atoms with Gasteiger partial charge in [0.2, 0.25) is 17.7 Å². The zero-order valence-corrected chi connectivity index (χ0v) is 17.8. The van der Waals surface area contributed by atoms with E-state index in [0.29, 0.717) is 0 Å². The zero-order valence-electron chi connectivity index (χ0n) is 17.8. The van der Waals surface area contributed by atoms with Crippen LogP contribution in [0.5, 0.6) is 0 Å². The monoisotopic (exact) mass is 468 g/mol. The Kier molecular flexibility index (Phi) is 10.9. The van der Waals surface area contributed by atoms with Crippen molar-refractivity contribution >= 4 is 29.7 Å². The van der Waals surface area contributed by atoms with E-state index in [2.05, 4.69) is 10.6 Å². The number of aliphatic carboxylic acids is 2. The smallest absolute Gasteiger partial charge is 0.326 e. The predicted octanol–water partition coefficient (Wildman–Crippen LogP) is -3.06. The van der Waals surface area contributed by atoms with Crippen LogP contribution < -0.4 is 21.7 Å². The molecule has 3 amide bonds. The number of aliphatic hydroxyl groups is 2. The number of nitrogens with one attached hydrogen (secondary N) is 3. The molecule has 33 heavy (non-hydrogen) atoms. The van der Waals surface area contributed by atoms with Gasteiger partial charge in [0.1, 0.15) is 18.1 Å². The summed E-state index contributed by atoms with van der Waals surface area (Å²) < 4.78 is 0. The third kappa shape index (κ3) is 9.22. The first kappa shape index (κ1) is 27.5. The third-order valence-electron chi connectivity index (χ3n) is 4.51. The molecule has 0 fully saturated rings. The van der Waals surface area contributed by atoms with Gasteiger partial charge in [0.15, 0.2) is 0 Å². The summed E-state index contributed by atoms with van der Waals surface area (Å²) in [5.41, 5.74) is 6.63. The van der Waals surface area contributed by atoms with Gasteiger partial charge in [-0.1, -0.05) is 30.3 Å². The fraction of sp³-hybridized carbons (Fsp3) is 0.450. The van der Waals surface area contributed by atoms with Crippen LogP contribution in [0.2, 0.25) is 0 Å². The Morgan fingerprint density at radius 2 is 1.48 bits per heavy atom. The molecule has 0 unspecified atom stereocenters. The minimum Gasteiger partial charge on any atom is -0.481 e. The van der Waals surface area contributed by atoms with Crippen molar-refractivity contribution in [3.05, 3.63) is 35.9 Å². The third-order valence-corrected chi connectivity index (χ3v) is 4.51. The van der Waals surface area contributed by atoms with E-state index in [0.717, 1.165) is 5.56 Å². The van der Waals surface area contributed by atoms with Crippen LogP contribution in [0.3, 0.4) is 0 Å². The van der Waals surface area contributed by atoms with Crippen molar-refractivity contribution < 1.29 is 44.4 Å². The lowest BCUT2D eigenvalue weighted by Gasteiger charge is -2.25. The maximum atomic E-state index is 12.5. The minimum atomic E-state index is -1.80. The highest BCUT2D eigenvalue weighted by Crippen LogP contribution is 2.03. The van der Waals surface area contributed by atoms with Gasteiger partial charge in [-0.3, -0.25) is 19.2 Å². The van der Waals surface area contributed by atoms with Crippen LogP contribution in [0, 0.1) is 0 Å². The highest BCUT2D eigenvalue weighted by atomic mass is 16.4. The van der Waals surface area contributed by atoms with Crippen molar-refractivity contribution in [3.63, 3.8) is 0 Å². The second kappa shape index (κ2) is 13.1. The number of aliphatic hydroxyl groups excluding tert-OH is 2. The molecule has 5 atom stereocenters.